The van der Waals surface area contributed by atoms with E-state index in [4.69, 9.17) is 40.0 Å². The Morgan fingerprint density at radius 3 is 1.94 bits per heavy atom. The van der Waals surface area contributed by atoms with Crippen LogP contribution in [0.5, 0.6) is 46.0 Å². The Hall–Kier alpha value is -11.0. The second-order valence-electron chi connectivity index (χ2n) is 32.1. The first-order valence-corrected chi connectivity index (χ1v) is 38.5. The van der Waals surface area contributed by atoms with Crippen molar-refractivity contribution in [1.29, 1.82) is 0 Å². The van der Waals surface area contributed by atoms with Crippen LogP contribution in [-0.2, 0) is 47.8 Å². The summed E-state index contributed by atoms with van der Waals surface area (Å²) < 4.78 is 37.2. The summed E-state index contributed by atoms with van der Waals surface area (Å²) in [5, 5.41) is 116. The maximum atomic E-state index is 16.1. The van der Waals surface area contributed by atoms with Gasteiger partial charge in [-0.2, -0.15) is 0 Å². The number of alkyl carbamates (subject to hydrolysis) is 1. The number of amides is 9. The predicted molar refractivity (Wildman–Crippen MR) is 408 cm³/mol. The number of benzene rings is 6. The average Bonchev–Trinajstić information content (AvgIpc) is 0.761. The van der Waals surface area contributed by atoms with Gasteiger partial charge >= 0.3 is 12.2 Å². The van der Waals surface area contributed by atoms with Gasteiger partial charge in [-0.05, 0) is 196 Å². The second-order valence-corrected chi connectivity index (χ2v) is 32.6. The summed E-state index contributed by atoms with van der Waals surface area (Å²) in [7, 11) is 1.33. The Kier molecular flexibility index (Phi) is 23.8. The minimum atomic E-state index is -2.17. The van der Waals surface area contributed by atoms with Crippen molar-refractivity contribution in [2.24, 2.45) is 29.6 Å². The number of hydrogen-bond donors (Lipinski definition) is 16. The van der Waals surface area contributed by atoms with Crippen molar-refractivity contribution in [2.45, 2.75) is 184 Å². The molecular weight excluding hydrogens is 1510 g/mol. The van der Waals surface area contributed by atoms with Crippen LogP contribution in [0.2, 0.25) is 5.02 Å². The first-order valence-electron chi connectivity index (χ1n) is 38.1. The standard InChI is InChI=1S/C82H94ClN9O23/c1-35(2)20-51(92(8)81(109)115-82(5,6)7)73(102)90-65-67(97)42-15-18-54(36(3)21-42)111-56-29-46-30-57(72(56)114-79-71(101)70(100)69(99)58(113-79)34-110-80(108)85-37(4)40-12-10-9-11-13-40)112-55-19-16-43(28-50(55)83)68(98)66-78(107)89-64(77(106)87-61-44-23-38-22-39(25-44)26-45(61)24-38)49-31-47(93)32-53(95)60(49)48-27-41(14-17-52(48)94)62(75(104)91-66)88-76(105)63(46)86-59(96)33-84-74(65)103/h9-19,21,27-32,35,37-39,44-45,51,58,61-71,79,93-95,97-101H,20,22-26,33-34H2,1-8H3,(H,84,103)(H,85,108)(H,86,96)(H,87,106)(H,88,105)(H,89,107)(H,90,102)(H,91,104)/t37-,38?,39?,44?,45?,51+,58+,61?,62-,63+,64-,65+,66-,67+,68+,69+,70-,71+,79?/m0/s1. The van der Waals surface area contributed by atoms with E-state index in [0.717, 1.165) is 73.4 Å². The van der Waals surface area contributed by atoms with Gasteiger partial charge in [-0.1, -0.05) is 74.0 Å². The van der Waals surface area contributed by atoms with Crippen LogP contribution in [0.1, 0.15) is 155 Å². The molecule has 5 fully saturated rings. The normalized spacial score (nSPS) is 27.6. The van der Waals surface area contributed by atoms with Gasteiger partial charge < -0.3 is 112 Å². The highest BCUT2D eigenvalue weighted by molar-refractivity contribution is 6.32. The molecule has 1 unspecified atom stereocenters. The highest BCUT2D eigenvalue weighted by Crippen LogP contribution is 2.55. The van der Waals surface area contributed by atoms with Crippen molar-refractivity contribution in [1.82, 2.24) is 47.4 Å². The lowest BCUT2D eigenvalue weighted by Crippen LogP contribution is -2.60. The van der Waals surface area contributed by atoms with E-state index < -0.39 is 192 Å². The molecule has 1 saturated heterocycles. The Morgan fingerprint density at radius 1 is 0.652 bits per heavy atom. The minimum Gasteiger partial charge on any atom is -0.508 e. The fraction of sp³-hybridized carbons (Fsp3) is 0.451. The summed E-state index contributed by atoms with van der Waals surface area (Å²) in [6.45, 7) is 9.84. The lowest BCUT2D eigenvalue weighted by atomic mass is 9.54. The van der Waals surface area contributed by atoms with Gasteiger partial charge in [-0.15, -0.1) is 0 Å². The first-order chi connectivity index (χ1) is 54.5. The third kappa shape index (κ3) is 17.8. The highest BCUT2D eigenvalue weighted by Gasteiger charge is 2.51. The number of aryl methyl sites for hydroxylation is 1. The van der Waals surface area contributed by atoms with Crippen LogP contribution in [0.25, 0.3) is 11.1 Å². The number of likely N-dealkylation sites (N-methyl/N-ethyl adjacent to an activating group) is 1. The number of nitrogens with one attached hydrogen (secondary N) is 8. The van der Waals surface area contributed by atoms with Gasteiger partial charge in [-0.25, -0.2) is 9.59 Å². The van der Waals surface area contributed by atoms with Crippen LogP contribution < -0.4 is 56.7 Å². The smallest absolute Gasteiger partial charge is 0.410 e. The van der Waals surface area contributed by atoms with Crippen LogP contribution in [0.15, 0.2) is 109 Å². The third-order valence-corrected chi connectivity index (χ3v) is 22.5. The number of nitrogens with zero attached hydrogens (tertiary/aromatic N) is 1. The zero-order valence-corrected chi connectivity index (χ0v) is 64.9. The van der Waals surface area contributed by atoms with Gasteiger partial charge in [0.25, 0.3) is 0 Å². The molecule has 16 N–H and O–H groups in total. The maximum Gasteiger partial charge on any atom is 0.410 e. The van der Waals surface area contributed by atoms with Gasteiger partial charge in [0.15, 0.2) is 11.5 Å². The average molecular weight is 1610 g/mol. The summed E-state index contributed by atoms with van der Waals surface area (Å²) in [4.78, 5) is 135. The molecule has 4 aliphatic carbocycles. The van der Waals surface area contributed by atoms with Crippen molar-refractivity contribution < 1.29 is 112 Å². The van der Waals surface area contributed by atoms with E-state index in [-0.39, 0.29) is 91.2 Å². The summed E-state index contributed by atoms with van der Waals surface area (Å²) in [6, 6.07) is 11.8. The number of aliphatic hydroxyl groups is 5. The Labute approximate surface area is 665 Å². The van der Waals surface area contributed by atoms with Crippen molar-refractivity contribution in [2.75, 3.05) is 20.2 Å². The number of carbonyl (C=O) groups is 9. The SMILES string of the molecule is Cc1cc2ccc1Oc1cc3cc(c1OC1O[C@H](COC(=O)N[C@@H](C)c4ccccc4)[C@@H](O)[C@H](O)[C@H]1O)Oc1ccc(cc1Cl)[C@@H](O)[C@@H]1NC(=O)[C@@H](NC(=O)[C@@H]3NC(=O)CNC(=O)[C@H](NC(=O)[C@@H](CC(C)C)N(C)C(=O)OC(C)(C)C)[C@@H]2O)c2ccc(O)c(c2)-c2c(O)cc(O)cc2[C@@H](C(=O)NC2C3CC4CC(C3)CC2C4)NC1=O. The van der Waals surface area contributed by atoms with Gasteiger partial charge in [-0.3, -0.25) is 38.5 Å². The van der Waals surface area contributed by atoms with Crippen molar-refractivity contribution in [3.8, 4) is 57.1 Å². The minimum absolute atomic E-state index is 0.0179. The van der Waals surface area contributed by atoms with Gasteiger partial charge in [0.1, 0.15) is 114 Å². The molecule has 612 valence electrons. The van der Waals surface area contributed by atoms with E-state index in [1.807, 2.05) is 0 Å². The molecule has 33 heteroatoms. The second kappa shape index (κ2) is 33.4. The van der Waals surface area contributed by atoms with E-state index in [1.165, 1.54) is 56.4 Å². The summed E-state index contributed by atoms with van der Waals surface area (Å²) >= 11 is 7.19. The maximum absolute atomic E-state index is 16.1. The Bertz CT molecular complexity index is 4750. The number of halogens is 1. The number of aromatic hydroxyl groups is 3. The number of phenolic OH excluding ortho intramolecular Hbond substituents is 3. The van der Waals surface area contributed by atoms with Gasteiger partial charge in [0.05, 0.1) is 17.6 Å². The Balaban J connectivity index is 0.948. The van der Waals surface area contributed by atoms with E-state index in [0.29, 0.717) is 17.4 Å². The zero-order valence-electron chi connectivity index (χ0n) is 64.1. The molecule has 0 spiro atoms. The molecule has 115 heavy (non-hydrogen) atoms. The molecule has 4 saturated carbocycles. The van der Waals surface area contributed by atoms with Crippen LogP contribution in [0.4, 0.5) is 9.59 Å². The molecule has 32 nitrogen and oxygen atoms in total. The molecule has 0 radical (unpaired) electrons. The summed E-state index contributed by atoms with van der Waals surface area (Å²) in [5.41, 5.74) is -1.78. The monoisotopic (exact) mass is 1610 g/mol. The predicted octanol–water partition coefficient (Wildman–Crippen LogP) is 6.28. The van der Waals surface area contributed by atoms with Crippen LogP contribution in [0, 0.1) is 36.5 Å². The molecule has 6 aromatic carbocycles. The molecule has 0 aromatic heterocycles. The molecule has 6 aliphatic heterocycles. The Morgan fingerprint density at radius 2 is 1.29 bits per heavy atom. The van der Waals surface area contributed by atoms with Crippen molar-refractivity contribution >= 4 is 65.1 Å². The van der Waals surface area contributed by atoms with E-state index in [1.54, 1.807) is 71.9 Å². The van der Waals surface area contributed by atoms with E-state index in [2.05, 4.69) is 42.5 Å². The number of ether oxygens (including phenoxy) is 6. The fourth-order valence-electron chi connectivity index (χ4n) is 16.6. The molecule has 6 aromatic rings. The molecule has 9 amide bonds. The van der Waals surface area contributed by atoms with Crippen LogP contribution in [-0.4, -0.2) is 180 Å². The van der Waals surface area contributed by atoms with Gasteiger partial charge in [0, 0.05) is 30.3 Å². The lowest BCUT2D eigenvalue weighted by Gasteiger charge is -2.54. The third-order valence-electron chi connectivity index (χ3n) is 22.2. The number of aliphatic hydroxyl groups excluding tert-OH is 5. The zero-order chi connectivity index (χ0) is 82.5. The fourth-order valence-corrected chi connectivity index (χ4v) is 16.8. The molecular formula is C82H94ClN9O23. The summed E-state index contributed by atoms with van der Waals surface area (Å²) in [6.07, 6.45) is -11.4. The van der Waals surface area contributed by atoms with Crippen molar-refractivity contribution in [3.05, 3.63) is 153 Å². The van der Waals surface area contributed by atoms with Crippen LogP contribution >= 0.6 is 11.6 Å². The number of rotatable bonds is 13. The van der Waals surface area contributed by atoms with E-state index >= 15 is 24.0 Å². The van der Waals surface area contributed by atoms with Crippen LogP contribution in [0.3, 0.4) is 0 Å². The number of phenols is 3. The van der Waals surface area contributed by atoms with Crippen molar-refractivity contribution in [3.63, 3.8) is 0 Å². The topological polar surface area (TPSA) is 470 Å². The number of hydrogen-bond acceptors (Lipinski definition) is 23. The number of carbonyl (C=O) groups excluding carboxylic acids is 9. The highest BCUT2D eigenvalue weighted by atomic mass is 35.5. The molecule has 6 heterocycles. The van der Waals surface area contributed by atoms with E-state index in [9.17, 15) is 60.0 Å². The number of fused-ring (bicyclic) bond motifs is 15. The largest absolute Gasteiger partial charge is 0.508 e. The van der Waals surface area contributed by atoms with Gasteiger partial charge in [0.2, 0.25) is 53.4 Å². The molecule has 14 atom stereocenters. The molecule has 16 rings (SSSR count). The molecule has 15 bridgehead atoms. The quantitative estimate of drug-likeness (QED) is 0.0605. The summed E-state index contributed by atoms with van der Waals surface area (Å²) in [5.74, 6) is -11.0. The molecule has 10 aliphatic rings. The lowest BCUT2D eigenvalue weighted by molar-refractivity contribution is -0.277. The first kappa shape index (κ1) is 82.0.